The summed E-state index contributed by atoms with van der Waals surface area (Å²) in [6.45, 7) is 2.23. The molecule has 1 aliphatic rings. The highest BCUT2D eigenvalue weighted by molar-refractivity contribution is 9.10. The van der Waals surface area contributed by atoms with Gasteiger partial charge in [-0.3, -0.25) is 4.79 Å². The van der Waals surface area contributed by atoms with Crippen LogP contribution in [0.5, 0.6) is 5.75 Å². The van der Waals surface area contributed by atoms with Crippen molar-refractivity contribution in [1.82, 2.24) is 14.9 Å². The van der Waals surface area contributed by atoms with Gasteiger partial charge in [0.1, 0.15) is 5.75 Å². The second kappa shape index (κ2) is 8.52. The maximum absolute atomic E-state index is 12.6. The number of aromatic nitrogens is 2. The summed E-state index contributed by atoms with van der Waals surface area (Å²) in [6, 6.07) is 8.94. The van der Waals surface area contributed by atoms with E-state index in [1.165, 1.54) is 0 Å². The molecule has 0 radical (unpaired) electrons. The van der Waals surface area contributed by atoms with E-state index >= 15 is 0 Å². The predicted molar refractivity (Wildman–Crippen MR) is 115 cm³/mol. The van der Waals surface area contributed by atoms with Crippen molar-refractivity contribution in [2.24, 2.45) is 0 Å². The quantitative estimate of drug-likeness (QED) is 0.605. The van der Waals surface area contributed by atoms with Crippen molar-refractivity contribution in [2.75, 3.05) is 38.7 Å². The first kappa shape index (κ1) is 19.9. The average molecular weight is 478 g/mol. The van der Waals surface area contributed by atoms with E-state index in [-0.39, 0.29) is 5.91 Å². The first-order chi connectivity index (χ1) is 14.0. The Morgan fingerprint density at radius 2 is 2.07 bits per heavy atom. The Kier molecular flexibility index (Phi) is 5.84. The van der Waals surface area contributed by atoms with Crippen molar-refractivity contribution in [1.29, 1.82) is 0 Å². The minimum Gasteiger partial charge on any atom is -0.495 e. The van der Waals surface area contributed by atoms with Crippen LogP contribution in [0.2, 0.25) is 5.02 Å². The Labute approximate surface area is 181 Å². The fourth-order valence-electron chi connectivity index (χ4n) is 3.08. The van der Waals surface area contributed by atoms with Crippen LogP contribution < -0.4 is 10.1 Å². The first-order valence-electron chi connectivity index (χ1n) is 8.99. The summed E-state index contributed by atoms with van der Waals surface area (Å²) in [5.41, 5.74) is 1.90. The number of ether oxygens (including phenoxy) is 2. The summed E-state index contributed by atoms with van der Waals surface area (Å²) in [7, 11) is 1.61. The molecule has 0 unspecified atom stereocenters. The van der Waals surface area contributed by atoms with Crippen LogP contribution in [-0.2, 0) is 4.74 Å². The second-order valence-corrected chi connectivity index (χ2v) is 7.72. The van der Waals surface area contributed by atoms with Gasteiger partial charge < -0.3 is 19.7 Å². The molecule has 2 heterocycles. The van der Waals surface area contributed by atoms with E-state index < -0.39 is 0 Å². The van der Waals surface area contributed by atoms with Crippen LogP contribution in [0.1, 0.15) is 10.4 Å². The zero-order chi connectivity index (χ0) is 20.4. The number of morpholine rings is 1. The van der Waals surface area contributed by atoms with Gasteiger partial charge in [-0.25, -0.2) is 9.97 Å². The zero-order valence-electron chi connectivity index (χ0n) is 15.6. The molecule has 0 spiro atoms. The monoisotopic (exact) mass is 476 g/mol. The summed E-state index contributed by atoms with van der Waals surface area (Å²) in [5, 5.41) is 4.39. The van der Waals surface area contributed by atoms with Crippen LogP contribution in [0.25, 0.3) is 10.9 Å². The number of amides is 1. The summed E-state index contributed by atoms with van der Waals surface area (Å²) in [5.74, 6) is 1.02. The molecule has 1 fully saturated rings. The molecule has 1 amide bonds. The van der Waals surface area contributed by atoms with Crippen LogP contribution in [-0.4, -0.2) is 54.2 Å². The Balaban J connectivity index is 1.55. The molecule has 0 aliphatic carbocycles. The van der Waals surface area contributed by atoms with Crippen molar-refractivity contribution in [3.8, 4) is 5.75 Å². The number of carbonyl (C=O) groups is 1. The number of nitrogens with zero attached hydrogens (tertiary/aromatic N) is 3. The van der Waals surface area contributed by atoms with E-state index in [1.807, 2.05) is 12.1 Å². The fraction of sp³-hybridized carbons (Fsp3) is 0.250. The number of rotatable bonds is 4. The Bertz CT molecular complexity index is 1070. The van der Waals surface area contributed by atoms with Crippen molar-refractivity contribution in [2.45, 2.75) is 0 Å². The van der Waals surface area contributed by atoms with Crippen molar-refractivity contribution >= 4 is 56.0 Å². The van der Waals surface area contributed by atoms with Gasteiger partial charge in [0.25, 0.3) is 5.91 Å². The lowest BCUT2D eigenvalue weighted by Gasteiger charge is -2.27. The summed E-state index contributed by atoms with van der Waals surface area (Å²) in [6.07, 6.45) is 1.73. The molecule has 2 aromatic carbocycles. The number of fused-ring (bicyclic) bond motifs is 1. The van der Waals surface area contributed by atoms with E-state index in [1.54, 1.807) is 36.4 Å². The largest absolute Gasteiger partial charge is 0.495 e. The third-order valence-electron chi connectivity index (χ3n) is 4.61. The lowest BCUT2D eigenvalue weighted by molar-refractivity contribution is 0.0303. The van der Waals surface area contributed by atoms with Crippen LogP contribution >= 0.6 is 27.5 Å². The van der Waals surface area contributed by atoms with Crippen LogP contribution in [0.3, 0.4) is 0 Å². The Hall–Kier alpha value is -2.42. The second-order valence-electron chi connectivity index (χ2n) is 6.46. The molecule has 0 saturated carbocycles. The number of benzene rings is 2. The van der Waals surface area contributed by atoms with Crippen LogP contribution in [0, 0.1) is 0 Å². The van der Waals surface area contributed by atoms with E-state index in [0.717, 1.165) is 15.4 Å². The van der Waals surface area contributed by atoms with Gasteiger partial charge in [-0.1, -0.05) is 11.6 Å². The molecule has 9 heteroatoms. The SMILES string of the molecule is COc1cc2nc(Nc3ccc(C(=O)N4CCOCC4)c(Cl)c3)ncc2cc1Br. The Morgan fingerprint density at radius 3 is 2.79 bits per heavy atom. The lowest BCUT2D eigenvalue weighted by atomic mass is 10.1. The molecule has 1 aliphatic heterocycles. The van der Waals surface area contributed by atoms with Gasteiger partial charge in [-0.05, 0) is 40.2 Å². The standard InChI is InChI=1S/C20H18BrClN4O3/c1-28-18-10-17-12(8-15(18)21)11-23-20(25-17)24-13-2-3-14(16(22)9-13)19(27)26-4-6-29-7-5-26/h2-3,8-11H,4-7H2,1H3,(H,23,24,25). The fourth-order valence-corrected chi connectivity index (χ4v) is 3.87. The molecule has 0 atom stereocenters. The number of anilines is 2. The maximum Gasteiger partial charge on any atom is 0.255 e. The molecule has 0 bridgehead atoms. The minimum atomic E-state index is -0.0931. The molecule has 1 aromatic heterocycles. The van der Waals surface area contributed by atoms with E-state index in [4.69, 9.17) is 21.1 Å². The van der Waals surface area contributed by atoms with Crippen molar-refractivity contribution in [3.05, 3.63) is 51.6 Å². The van der Waals surface area contributed by atoms with E-state index in [9.17, 15) is 4.79 Å². The minimum absolute atomic E-state index is 0.0931. The molecular formula is C20H18BrClN4O3. The highest BCUT2D eigenvalue weighted by atomic mass is 79.9. The van der Waals surface area contributed by atoms with Gasteiger partial charge in [-0.15, -0.1) is 0 Å². The van der Waals surface area contributed by atoms with Gasteiger partial charge in [0, 0.05) is 36.4 Å². The van der Waals surface area contributed by atoms with Gasteiger partial charge in [0.15, 0.2) is 0 Å². The van der Waals surface area contributed by atoms with Gasteiger partial charge >= 0.3 is 0 Å². The number of methoxy groups -OCH3 is 1. The topological polar surface area (TPSA) is 76.6 Å². The van der Waals surface area contributed by atoms with Crippen molar-refractivity contribution in [3.63, 3.8) is 0 Å². The molecule has 3 aromatic rings. The number of carbonyl (C=O) groups excluding carboxylic acids is 1. The summed E-state index contributed by atoms with van der Waals surface area (Å²) < 4.78 is 11.5. The van der Waals surface area contributed by atoms with Gasteiger partial charge in [0.2, 0.25) is 5.95 Å². The highest BCUT2D eigenvalue weighted by Gasteiger charge is 2.20. The van der Waals surface area contributed by atoms with E-state index in [0.29, 0.717) is 54.3 Å². The third kappa shape index (κ3) is 4.29. The van der Waals surface area contributed by atoms with Gasteiger partial charge in [-0.2, -0.15) is 0 Å². The molecule has 7 nitrogen and oxygen atoms in total. The molecule has 4 rings (SSSR count). The third-order valence-corrected chi connectivity index (χ3v) is 5.54. The average Bonchev–Trinajstić information content (AvgIpc) is 2.74. The van der Waals surface area contributed by atoms with E-state index in [2.05, 4.69) is 31.2 Å². The van der Waals surface area contributed by atoms with Crippen LogP contribution in [0.4, 0.5) is 11.6 Å². The number of halogens is 2. The predicted octanol–water partition coefficient (Wildman–Crippen LogP) is 4.27. The highest BCUT2D eigenvalue weighted by Crippen LogP contribution is 2.30. The molecule has 1 N–H and O–H groups in total. The maximum atomic E-state index is 12.6. The number of nitrogens with one attached hydrogen (secondary N) is 1. The smallest absolute Gasteiger partial charge is 0.255 e. The number of hydrogen-bond donors (Lipinski definition) is 1. The normalized spacial score (nSPS) is 14.1. The molecular weight excluding hydrogens is 460 g/mol. The zero-order valence-corrected chi connectivity index (χ0v) is 18.0. The van der Waals surface area contributed by atoms with Crippen LogP contribution in [0.15, 0.2) is 41.0 Å². The first-order valence-corrected chi connectivity index (χ1v) is 10.2. The van der Waals surface area contributed by atoms with Crippen molar-refractivity contribution < 1.29 is 14.3 Å². The summed E-state index contributed by atoms with van der Waals surface area (Å²) in [4.78, 5) is 23.3. The Morgan fingerprint density at radius 1 is 1.28 bits per heavy atom. The van der Waals surface area contributed by atoms with Gasteiger partial charge in [0.05, 0.1) is 40.9 Å². The molecule has 150 valence electrons. The molecule has 29 heavy (non-hydrogen) atoms. The molecule has 1 saturated heterocycles. The summed E-state index contributed by atoms with van der Waals surface area (Å²) >= 11 is 9.84. The lowest BCUT2D eigenvalue weighted by Crippen LogP contribution is -2.40. The number of hydrogen-bond acceptors (Lipinski definition) is 6.